The second kappa shape index (κ2) is 7.58. The van der Waals surface area contributed by atoms with Crippen LogP contribution in [0.15, 0.2) is 46.9 Å². The third kappa shape index (κ3) is 4.22. The number of nitrogens with one attached hydrogen (secondary N) is 1. The Labute approximate surface area is 160 Å². The van der Waals surface area contributed by atoms with Crippen molar-refractivity contribution in [1.29, 1.82) is 0 Å². The minimum atomic E-state index is -0.349. The number of anilines is 1. The molecule has 0 radical (unpaired) electrons. The molecule has 2 amide bonds. The second-order valence-corrected chi connectivity index (χ2v) is 7.49. The Morgan fingerprint density at radius 2 is 2.04 bits per heavy atom. The summed E-state index contributed by atoms with van der Waals surface area (Å²) in [6.45, 7) is 2.87. The first kappa shape index (κ1) is 18.0. The number of amides is 2. The normalized spacial score (nSPS) is 17.0. The van der Waals surface area contributed by atoms with E-state index in [2.05, 4.69) is 21.2 Å². The first-order chi connectivity index (χ1) is 11.9. The van der Waals surface area contributed by atoms with Gasteiger partial charge in [-0.3, -0.25) is 9.59 Å². The highest BCUT2D eigenvalue weighted by Gasteiger charge is 2.34. The van der Waals surface area contributed by atoms with Crippen molar-refractivity contribution in [3.8, 4) is 0 Å². The van der Waals surface area contributed by atoms with Crippen LogP contribution in [-0.2, 0) is 16.1 Å². The van der Waals surface area contributed by atoms with Gasteiger partial charge in [0.05, 0.1) is 10.9 Å². The molecule has 3 rings (SSSR count). The van der Waals surface area contributed by atoms with Gasteiger partial charge in [0.15, 0.2) is 0 Å². The van der Waals surface area contributed by atoms with E-state index in [-0.39, 0.29) is 24.2 Å². The molecule has 0 spiro atoms. The summed E-state index contributed by atoms with van der Waals surface area (Å²) in [7, 11) is 0. The molecule has 0 bridgehead atoms. The molecule has 0 saturated carbocycles. The SMILES string of the molecule is Cc1cc(Br)c(Cl)cc1NC(=O)C1CC(=O)N(Cc2ccccc2)C1. The molecule has 1 aliphatic rings. The average molecular weight is 422 g/mol. The van der Waals surface area contributed by atoms with Gasteiger partial charge >= 0.3 is 0 Å². The summed E-state index contributed by atoms with van der Waals surface area (Å²) in [4.78, 5) is 26.5. The maximum Gasteiger partial charge on any atom is 0.229 e. The van der Waals surface area contributed by atoms with E-state index >= 15 is 0 Å². The van der Waals surface area contributed by atoms with Crippen LogP contribution in [0.5, 0.6) is 0 Å². The van der Waals surface area contributed by atoms with E-state index in [1.54, 1.807) is 11.0 Å². The number of halogens is 2. The molecule has 1 heterocycles. The molecule has 0 aliphatic carbocycles. The number of carbonyl (C=O) groups is 2. The Morgan fingerprint density at radius 1 is 1.32 bits per heavy atom. The fraction of sp³-hybridized carbons (Fsp3) is 0.263. The smallest absolute Gasteiger partial charge is 0.229 e. The van der Waals surface area contributed by atoms with E-state index < -0.39 is 0 Å². The van der Waals surface area contributed by atoms with E-state index in [1.165, 1.54) is 0 Å². The van der Waals surface area contributed by atoms with Gasteiger partial charge in [-0.1, -0.05) is 41.9 Å². The molecule has 1 N–H and O–H groups in total. The molecule has 2 aromatic rings. The van der Waals surface area contributed by atoms with Crippen molar-refractivity contribution in [2.45, 2.75) is 19.9 Å². The highest BCUT2D eigenvalue weighted by molar-refractivity contribution is 9.10. The van der Waals surface area contributed by atoms with Gasteiger partial charge in [-0.05, 0) is 46.1 Å². The summed E-state index contributed by atoms with van der Waals surface area (Å²) in [5.41, 5.74) is 2.65. The van der Waals surface area contributed by atoms with Crippen LogP contribution in [-0.4, -0.2) is 23.3 Å². The predicted molar refractivity (Wildman–Crippen MR) is 102 cm³/mol. The number of nitrogens with zero attached hydrogens (tertiary/aromatic N) is 1. The molecule has 1 unspecified atom stereocenters. The Kier molecular flexibility index (Phi) is 5.45. The lowest BCUT2D eigenvalue weighted by atomic mass is 10.1. The fourth-order valence-electron chi connectivity index (χ4n) is 2.92. The lowest BCUT2D eigenvalue weighted by Gasteiger charge is -2.17. The topological polar surface area (TPSA) is 49.4 Å². The first-order valence-electron chi connectivity index (χ1n) is 8.02. The van der Waals surface area contributed by atoms with Crippen molar-refractivity contribution in [2.75, 3.05) is 11.9 Å². The van der Waals surface area contributed by atoms with Gasteiger partial charge in [-0.15, -0.1) is 0 Å². The lowest BCUT2D eigenvalue weighted by Crippen LogP contribution is -2.28. The Morgan fingerprint density at radius 3 is 2.76 bits per heavy atom. The maximum absolute atomic E-state index is 12.6. The summed E-state index contributed by atoms with van der Waals surface area (Å²) < 4.78 is 0.787. The number of aryl methyl sites for hydroxylation is 1. The van der Waals surface area contributed by atoms with E-state index in [1.807, 2.05) is 43.3 Å². The summed E-state index contributed by atoms with van der Waals surface area (Å²) in [6.07, 6.45) is 0.238. The van der Waals surface area contributed by atoms with Crippen molar-refractivity contribution >= 4 is 45.0 Å². The molecule has 0 aromatic heterocycles. The molecule has 2 aromatic carbocycles. The number of likely N-dealkylation sites (tertiary alicyclic amines) is 1. The van der Waals surface area contributed by atoms with E-state index in [0.717, 1.165) is 15.6 Å². The Hall–Kier alpha value is -1.85. The van der Waals surface area contributed by atoms with Gasteiger partial charge in [0.2, 0.25) is 11.8 Å². The van der Waals surface area contributed by atoms with E-state index in [0.29, 0.717) is 23.8 Å². The predicted octanol–water partition coefficient (Wildman–Crippen LogP) is 4.40. The Bertz CT molecular complexity index is 811. The summed E-state index contributed by atoms with van der Waals surface area (Å²) in [5.74, 6) is -0.488. The number of carbonyl (C=O) groups excluding carboxylic acids is 2. The van der Waals surface area contributed by atoms with Crippen molar-refractivity contribution in [2.24, 2.45) is 5.92 Å². The molecule has 1 atom stereocenters. The minimum Gasteiger partial charge on any atom is -0.338 e. The van der Waals surface area contributed by atoms with Crippen LogP contribution in [0.2, 0.25) is 5.02 Å². The van der Waals surface area contributed by atoms with Crippen molar-refractivity contribution in [1.82, 2.24) is 4.90 Å². The third-order valence-electron chi connectivity index (χ3n) is 4.33. The van der Waals surface area contributed by atoms with Crippen LogP contribution in [0.4, 0.5) is 5.69 Å². The number of hydrogen-bond donors (Lipinski definition) is 1. The van der Waals surface area contributed by atoms with Gasteiger partial charge in [0, 0.05) is 29.7 Å². The van der Waals surface area contributed by atoms with Gasteiger partial charge in [0.25, 0.3) is 0 Å². The van der Waals surface area contributed by atoms with Crippen molar-refractivity contribution in [3.63, 3.8) is 0 Å². The second-order valence-electron chi connectivity index (χ2n) is 6.23. The van der Waals surface area contributed by atoms with Crippen LogP contribution in [0.25, 0.3) is 0 Å². The van der Waals surface area contributed by atoms with Gasteiger partial charge in [0.1, 0.15) is 0 Å². The van der Waals surface area contributed by atoms with Crippen molar-refractivity contribution < 1.29 is 9.59 Å². The molecule has 6 heteroatoms. The highest BCUT2D eigenvalue weighted by Crippen LogP contribution is 2.30. The monoisotopic (exact) mass is 420 g/mol. The quantitative estimate of drug-likeness (QED) is 0.795. The number of rotatable bonds is 4. The van der Waals surface area contributed by atoms with Gasteiger partial charge in [-0.2, -0.15) is 0 Å². The van der Waals surface area contributed by atoms with Crippen LogP contribution in [0.3, 0.4) is 0 Å². The van der Waals surface area contributed by atoms with E-state index in [4.69, 9.17) is 11.6 Å². The molecular weight excluding hydrogens is 404 g/mol. The van der Waals surface area contributed by atoms with Crippen molar-refractivity contribution in [3.05, 3.63) is 63.1 Å². The summed E-state index contributed by atoms with van der Waals surface area (Å²) in [6, 6.07) is 13.4. The third-order valence-corrected chi connectivity index (χ3v) is 5.52. The van der Waals surface area contributed by atoms with Gasteiger partial charge in [-0.25, -0.2) is 0 Å². The summed E-state index contributed by atoms with van der Waals surface area (Å²) >= 11 is 9.47. The molecular formula is C19H18BrClN2O2. The number of benzene rings is 2. The molecule has 1 fully saturated rings. The molecule has 4 nitrogen and oxygen atoms in total. The first-order valence-corrected chi connectivity index (χ1v) is 9.19. The zero-order chi connectivity index (χ0) is 18.0. The zero-order valence-electron chi connectivity index (χ0n) is 13.8. The highest BCUT2D eigenvalue weighted by atomic mass is 79.9. The molecule has 130 valence electrons. The molecule has 25 heavy (non-hydrogen) atoms. The van der Waals surface area contributed by atoms with Gasteiger partial charge < -0.3 is 10.2 Å². The molecule has 1 aliphatic heterocycles. The van der Waals surface area contributed by atoms with Crippen LogP contribution < -0.4 is 5.32 Å². The summed E-state index contributed by atoms with van der Waals surface area (Å²) in [5, 5.41) is 3.44. The molecule has 1 saturated heterocycles. The van der Waals surface area contributed by atoms with Crippen LogP contribution >= 0.6 is 27.5 Å². The fourth-order valence-corrected chi connectivity index (χ4v) is 3.54. The average Bonchev–Trinajstić information content (AvgIpc) is 2.94. The van der Waals surface area contributed by atoms with Crippen LogP contribution in [0, 0.1) is 12.8 Å². The number of hydrogen-bond acceptors (Lipinski definition) is 2. The van der Waals surface area contributed by atoms with E-state index in [9.17, 15) is 9.59 Å². The largest absolute Gasteiger partial charge is 0.338 e. The lowest BCUT2D eigenvalue weighted by molar-refractivity contribution is -0.128. The zero-order valence-corrected chi connectivity index (χ0v) is 16.1. The Balaban J connectivity index is 1.66. The minimum absolute atomic E-state index is 0.00886. The maximum atomic E-state index is 12.6. The van der Waals surface area contributed by atoms with Crippen LogP contribution in [0.1, 0.15) is 17.5 Å². The standard InChI is InChI=1S/C19H18BrClN2O2/c1-12-7-15(20)16(21)9-17(12)22-19(25)14-8-18(24)23(11-14)10-13-5-3-2-4-6-13/h2-7,9,14H,8,10-11H2,1H3,(H,22,25).